The standard InChI is InChI=1S/C12H13ClFNO3/c13-8-4-7-6(2-1-3-9(7)15)12(11(8)14)18-5-10(16)17/h4,9H,1-3,5,15H2,(H,16,17). The molecule has 3 N–H and O–H groups in total. The average Bonchev–Trinajstić information content (AvgIpc) is 2.31. The molecule has 1 aliphatic carbocycles. The quantitative estimate of drug-likeness (QED) is 0.886. The van der Waals surface area contributed by atoms with Crippen LogP contribution in [-0.4, -0.2) is 17.7 Å². The Balaban J connectivity index is 2.45. The SMILES string of the molecule is NC1CCCc2c1cc(Cl)c(F)c2OCC(=O)O. The lowest BCUT2D eigenvalue weighted by molar-refractivity contribution is -0.139. The van der Waals surface area contributed by atoms with Crippen LogP contribution in [0.2, 0.25) is 5.02 Å². The van der Waals surface area contributed by atoms with Crippen LogP contribution in [0.4, 0.5) is 4.39 Å². The van der Waals surface area contributed by atoms with E-state index in [4.69, 9.17) is 27.2 Å². The van der Waals surface area contributed by atoms with Crippen LogP contribution < -0.4 is 10.5 Å². The first-order chi connectivity index (χ1) is 8.50. The molecule has 0 heterocycles. The first-order valence-corrected chi connectivity index (χ1v) is 5.99. The van der Waals surface area contributed by atoms with Crippen LogP contribution in [0.25, 0.3) is 0 Å². The van der Waals surface area contributed by atoms with Gasteiger partial charge in [-0.1, -0.05) is 11.6 Å². The highest BCUT2D eigenvalue weighted by atomic mass is 35.5. The van der Waals surface area contributed by atoms with Crippen LogP contribution in [0.3, 0.4) is 0 Å². The molecule has 6 heteroatoms. The fourth-order valence-electron chi connectivity index (χ4n) is 2.19. The molecule has 1 aromatic carbocycles. The van der Waals surface area contributed by atoms with E-state index in [1.165, 1.54) is 6.07 Å². The van der Waals surface area contributed by atoms with Gasteiger partial charge in [0.05, 0.1) is 5.02 Å². The molecular formula is C12H13ClFNO3. The molecule has 1 atom stereocenters. The number of fused-ring (bicyclic) bond motifs is 1. The first kappa shape index (κ1) is 13.1. The van der Waals surface area contributed by atoms with E-state index in [1.54, 1.807) is 0 Å². The second-order valence-electron chi connectivity index (χ2n) is 4.25. The number of halogens is 2. The van der Waals surface area contributed by atoms with Crippen molar-refractivity contribution in [2.24, 2.45) is 5.73 Å². The lowest BCUT2D eigenvalue weighted by Crippen LogP contribution is -2.20. The summed E-state index contributed by atoms with van der Waals surface area (Å²) in [6.45, 7) is -0.598. The zero-order chi connectivity index (χ0) is 13.3. The van der Waals surface area contributed by atoms with E-state index < -0.39 is 18.4 Å². The summed E-state index contributed by atoms with van der Waals surface area (Å²) >= 11 is 5.77. The summed E-state index contributed by atoms with van der Waals surface area (Å²) in [5.74, 6) is -1.95. The largest absolute Gasteiger partial charge is 0.479 e. The van der Waals surface area contributed by atoms with Gasteiger partial charge >= 0.3 is 5.97 Å². The van der Waals surface area contributed by atoms with Crippen molar-refractivity contribution >= 4 is 17.6 Å². The number of carbonyl (C=O) groups is 1. The van der Waals surface area contributed by atoms with Crippen LogP contribution >= 0.6 is 11.6 Å². The molecule has 1 aromatic rings. The molecule has 0 saturated carbocycles. The lowest BCUT2D eigenvalue weighted by Gasteiger charge is -2.25. The van der Waals surface area contributed by atoms with E-state index in [-0.39, 0.29) is 16.8 Å². The summed E-state index contributed by atoms with van der Waals surface area (Å²) in [7, 11) is 0. The van der Waals surface area contributed by atoms with Gasteiger partial charge in [0.15, 0.2) is 18.2 Å². The third-order valence-electron chi connectivity index (χ3n) is 3.00. The van der Waals surface area contributed by atoms with Gasteiger partial charge in [-0.2, -0.15) is 0 Å². The molecule has 0 amide bonds. The Hall–Kier alpha value is -1.33. The number of ether oxygens (including phenoxy) is 1. The number of benzene rings is 1. The van der Waals surface area contributed by atoms with Gasteiger partial charge in [0.25, 0.3) is 0 Å². The molecule has 0 bridgehead atoms. The van der Waals surface area contributed by atoms with E-state index in [0.717, 1.165) is 18.4 Å². The highest BCUT2D eigenvalue weighted by Gasteiger charge is 2.25. The smallest absolute Gasteiger partial charge is 0.341 e. The van der Waals surface area contributed by atoms with Crippen molar-refractivity contribution in [3.8, 4) is 5.75 Å². The molecule has 0 aromatic heterocycles. The molecule has 0 aliphatic heterocycles. The third kappa shape index (κ3) is 2.42. The van der Waals surface area contributed by atoms with Crippen molar-refractivity contribution in [2.45, 2.75) is 25.3 Å². The van der Waals surface area contributed by atoms with Gasteiger partial charge < -0.3 is 15.6 Å². The molecule has 18 heavy (non-hydrogen) atoms. The molecule has 1 unspecified atom stereocenters. The molecule has 98 valence electrons. The van der Waals surface area contributed by atoms with Crippen molar-refractivity contribution < 1.29 is 19.0 Å². The molecule has 4 nitrogen and oxygen atoms in total. The first-order valence-electron chi connectivity index (χ1n) is 5.61. The van der Waals surface area contributed by atoms with Crippen LogP contribution in [0, 0.1) is 5.82 Å². The number of aliphatic carboxylic acids is 1. The highest BCUT2D eigenvalue weighted by molar-refractivity contribution is 6.31. The Morgan fingerprint density at radius 2 is 2.39 bits per heavy atom. The van der Waals surface area contributed by atoms with Gasteiger partial charge in [0.2, 0.25) is 0 Å². The van der Waals surface area contributed by atoms with E-state index in [9.17, 15) is 9.18 Å². The molecule has 2 rings (SSSR count). The Labute approximate surface area is 108 Å². The van der Waals surface area contributed by atoms with Gasteiger partial charge in [-0.25, -0.2) is 9.18 Å². The summed E-state index contributed by atoms with van der Waals surface area (Å²) in [5, 5.41) is 8.49. The minimum Gasteiger partial charge on any atom is -0.479 e. The van der Waals surface area contributed by atoms with Crippen LogP contribution in [0.5, 0.6) is 5.75 Å². The monoisotopic (exact) mass is 273 g/mol. The van der Waals surface area contributed by atoms with Gasteiger partial charge in [0, 0.05) is 11.6 Å². The maximum atomic E-state index is 13.9. The molecular weight excluding hydrogens is 261 g/mol. The van der Waals surface area contributed by atoms with Gasteiger partial charge in [0.1, 0.15) is 0 Å². The van der Waals surface area contributed by atoms with Gasteiger partial charge in [-0.15, -0.1) is 0 Å². The normalized spacial score (nSPS) is 18.3. The second kappa shape index (κ2) is 5.12. The fourth-order valence-corrected chi connectivity index (χ4v) is 2.39. The summed E-state index contributed by atoms with van der Waals surface area (Å²) < 4.78 is 18.9. The zero-order valence-corrected chi connectivity index (χ0v) is 10.3. The minimum absolute atomic E-state index is 0.0740. The summed E-state index contributed by atoms with van der Waals surface area (Å²) in [5.41, 5.74) is 7.32. The Morgan fingerprint density at radius 3 is 3.06 bits per heavy atom. The molecule has 0 saturated heterocycles. The second-order valence-corrected chi connectivity index (χ2v) is 4.66. The Morgan fingerprint density at radius 1 is 1.67 bits per heavy atom. The van der Waals surface area contributed by atoms with Crippen LogP contribution in [0.15, 0.2) is 6.07 Å². The van der Waals surface area contributed by atoms with Gasteiger partial charge in [-0.3, -0.25) is 0 Å². The predicted octanol–water partition coefficient (Wildman–Crippen LogP) is 2.28. The van der Waals surface area contributed by atoms with E-state index in [0.29, 0.717) is 12.0 Å². The Bertz CT molecular complexity index is 493. The van der Waals surface area contributed by atoms with E-state index in [2.05, 4.69) is 0 Å². The number of hydrogen-bond donors (Lipinski definition) is 2. The molecule has 1 aliphatic rings. The fraction of sp³-hybridized carbons (Fsp3) is 0.417. The van der Waals surface area contributed by atoms with Crippen molar-refractivity contribution in [3.05, 3.63) is 28.0 Å². The lowest BCUT2D eigenvalue weighted by atomic mass is 9.87. The predicted molar refractivity (Wildman–Crippen MR) is 64.4 cm³/mol. The van der Waals surface area contributed by atoms with Crippen molar-refractivity contribution in [1.82, 2.24) is 0 Å². The number of nitrogens with two attached hydrogens (primary N) is 1. The summed E-state index contributed by atoms with van der Waals surface area (Å²) in [6, 6.07) is 1.29. The Kier molecular flexibility index (Phi) is 3.73. The van der Waals surface area contributed by atoms with E-state index in [1.807, 2.05) is 0 Å². The summed E-state index contributed by atoms with van der Waals surface area (Å²) in [4.78, 5) is 10.5. The molecule has 0 radical (unpaired) electrons. The highest BCUT2D eigenvalue weighted by Crippen LogP contribution is 2.39. The maximum absolute atomic E-state index is 13.9. The molecule has 0 spiro atoms. The zero-order valence-electron chi connectivity index (χ0n) is 9.58. The average molecular weight is 274 g/mol. The summed E-state index contributed by atoms with van der Waals surface area (Å²) in [6.07, 6.45) is 2.23. The van der Waals surface area contributed by atoms with E-state index >= 15 is 0 Å². The molecule has 0 fully saturated rings. The third-order valence-corrected chi connectivity index (χ3v) is 3.27. The number of rotatable bonds is 3. The number of hydrogen-bond acceptors (Lipinski definition) is 3. The maximum Gasteiger partial charge on any atom is 0.341 e. The topological polar surface area (TPSA) is 72.5 Å². The van der Waals surface area contributed by atoms with Crippen molar-refractivity contribution in [3.63, 3.8) is 0 Å². The number of carboxylic acids is 1. The van der Waals surface area contributed by atoms with Crippen molar-refractivity contribution in [1.29, 1.82) is 0 Å². The van der Waals surface area contributed by atoms with Crippen LogP contribution in [0.1, 0.15) is 30.0 Å². The number of carboxylic acid groups (broad SMARTS) is 1. The van der Waals surface area contributed by atoms with Gasteiger partial charge in [-0.05, 0) is 30.9 Å². The van der Waals surface area contributed by atoms with Crippen LogP contribution in [-0.2, 0) is 11.2 Å². The minimum atomic E-state index is -1.16. The van der Waals surface area contributed by atoms with Crippen molar-refractivity contribution in [2.75, 3.05) is 6.61 Å².